The third-order valence-electron chi connectivity index (χ3n) is 2.07. The Morgan fingerprint density at radius 2 is 2.25 bits per heavy atom. The van der Waals surface area contributed by atoms with Crippen molar-refractivity contribution in [3.63, 3.8) is 0 Å². The van der Waals surface area contributed by atoms with Gasteiger partial charge in [-0.2, -0.15) is 11.8 Å². The number of carboxylic acids is 1. The minimum atomic E-state index is -0.755. The lowest BCUT2D eigenvalue weighted by Gasteiger charge is -2.12. The second-order valence-corrected chi connectivity index (χ2v) is 4.40. The molecule has 2 unspecified atom stereocenters. The van der Waals surface area contributed by atoms with E-state index in [2.05, 4.69) is 0 Å². The minimum Gasteiger partial charge on any atom is -0.481 e. The van der Waals surface area contributed by atoms with Gasteiger partial charge in [0.05, 0.1) is 12.5 Å². The molecule has 70 valence electrons. The van der Waals surface area contributed by atoms with Gasteiger partial charge in [-0.3, -0.25) is 4.79 Å². The highest BCUT2D eigenvalue weighted by atomic mass is 32.2. The molecule has 3 nitrogen and oxygen atoms in total. The zero-order valence-corrected chi connectivity index (χ0v) is 7.72. The zero-order valence-electron chi connectivity index (χ0n) is 6.90. The first kappa shape index (κ1) is 9.86. The number of hydrogen-bond donors (Lipinski definition) is 2. The van der Waals surface area contributed by atoms with Gasteiger partial charge in [0.25, 0.3) is 0 Å². The predicted octanol–water partition coefficient (Wildman–Crippen LogP) is 1.11. The molecule has 0 saturated heterocycles. The molecule has 2 atom stereocenters. The van der Waals surface area contributed by atoms with Crippen LogP contribution in [-0.4, -0.2) is 33.3 Å². The van der Waals surface area contributed by atoms with Gasteiger partial charge in [0, 0.05) is 11.0 Å². The normalized spacial score (nSPS) is 29.1. The van der Waals surface area contributed by atoms with Crippen molar-refractivity contribution in [1.82, 2.24) is 0 Å². The average molecular weight is 190 g/mol. The van der Waals surface area contributed by atoms with E-state index in [9.17, 15) is 9.90 Å². The van der Waals surface area contributed by atoms with Crippen molar-refractivity contribution in [2.75, 3.05) is 5.75 Å². The first-order valence-corrected chi connectivity index (χ1v) is 5.26. The number of rotatable bonds is 4. The second-order valence-electron chi connectivity index (χ2n) is 3.05. The largest absolute Gasteiger partial charge is 0.481 e. The van der Waals surface area contributed by atoms with E-state index < -0.39 is 5.97 Å². The Bertz CT molecular complexity index is 160. The Balaban J connectivity index is 2.10. The Morgan fingerprint density at radius 1 is 1.50 bits per heavy atom. The minimum absolute atomic E-state index is 0.202. The molecule has 0 amide bonds. The Kier molecular flexibility index (Phi) is 3.88. The number of carboxylic acid groups (broad SMARTS) is 1. The number of thioether (sulfide) groups is 1. The predicted molar refractivity (Wildman–Crippen MR) is 48.4 cm³/mol. The first-order valence-electron chi connectivity index (χ1n) is 4.21. The van der Waals surface area contributed by atoms with Crippen LogP contribution in [0.2, 0.25) is 0 Å². The van der Waals surface area contributed by atoms with Crippen LogP contribution in [0.15, 0.2) is 0 Å². The van der Waals surface area contributed by atoms with Crippen molar-refractivity contribution >= 4 is 17.7 Å². The fourth-order valence-electron chi connectivity index (χ4n) is 1.40. The van der Waals surface area contributed by atoms with E-state index in [-0.39, 0.29) is 17.8 Å². The van der Waals surface area contributed by atoms with Crippen LogP contribution in [0.4, 0.5) is 0 Å². The highest BCUT2D eigenvalue weighted by molar-refractivity contribution is 7.99. The van der Waals surface area contributed by atoms with Crippen LogP contribution in [0, 0.1) is 0 Å². The maximum atomic E-state index is 10.2. The van der Waals surface area contributed by atoms with Crippen molar-refractivity contribution in [1.29, 1.82) is 0 Å². The second kappa shape index (κ2) is 4.72. The van der Waals surface area contributed by atoms with Gasteiger partial charge in [-0.1, -0.05) is 0 Å². The summed E-state index contributed by atoms with van der Waals surface area (Å²) in [5, 5.41) is 18.0. The highest BCUT2D eigenvalue weighted by Gasteiger charge is 2.25. The van der Waals surface area contributed by atoms with E-state index in [4.69, 9.17) is 5.11 Å². The lowest BCUT2D eigenvalue weighted by atomic mass is 10.3. The molecule has 0 aromatic heterocycles. The van der Waals surface area contributed by atoms with Crippen molar-refractivity contribution in [2.24, 2.45) is 0 Å². The summed E-state index contributed by atoms with van der Waals surface area (Å²) < 4.78 is 0. The van der Waals surface area contributed by atoms with Crippen LogP contribution >= 0.6 is 11.8 Å². The summed E-state index contributed by atoms with van der Waals surface area (Å²) in [5.74, 6) is -0.133. The van der Waals surface area contributed by atoms with Crippen LogP contribution in [0.1, 0.15) is 25.7 Å². The van der Waals surface area contributed by atoms with Gasteiger partial charge in [0.2, 0.25) is 0 Å². The average Bonchev–Trinajstić information content (AvgIpc) is 2.36. The van der Waals surface area contributed by atoms with E-state index in [0.29, 0.717) is 5.75 Å². The van der Waals surface area contributed by atoms with E-state index in [1.165, 1.54) is 0 Å². The lowest BCUT2D eigenvalue weighted by molar-refractivity contribution is -0.136. The van der Waals surface area contributed by atoms with Crippen molar-refractivity contribution in [2.45, 2.75) is 37.0 Å². The Hall–Kier alpha value is -0.220. The number of aliphatic hydroxyl groups is 1. The molecule has 1 aliphatic carbocycles. The molecule has 0 radical (unpaired) electrons. The first-order chi connectivity index (χ1) is 5.70. The molecule has 0 aromatic carbocycles. The van der Waals surface area contributed by atoms with Crippen LogP contribution < -0.4 is 0 Å². The molecular weight excluding hydrogens is 176 g/mol. The molecule has 0 heterocycles. The van der Waals surface area contributed by atoms with Gasteiger partial charge in [-0.15, -0.1) is 0 Å². The Labute approximate surface area is 76.2 Å². The van der Waals surface area contributed by atoms with E-state index in [1.54, 1.807) is 11.8 Å². The summed E-state index contributed by atoms with van der Waals surface area (Å²) in [4.78, 5) is 10.2. The molecule has 1 saturated carbocycles. The monoisotopic (exact) mass is 190 g/mol. The summed E-state index contributed by atoms with van der Waals surface area (Å²) in [6, 6.07) is 0. The third kappa shape index (κ3) is 3.03. The summed E-state index contributed by atoms with van der Waals surface area (Å²) in [6.45, 7) is 0. The number of carbonyl (C=O) groups is 1. The third-order valence-corrected chi connectivity index (χ3v) is 3.48. The maximum absolute atomic E-state index is 10.2. The summed E-state index contributed by atoms with van der Waals surface area (Å²) >= 11 is 1.59. The number of aliphatic carboxylic acids is 1. The summed E-state index contributed by atoms with van der Waals surface area (Å²) in [7, 11) is 0. The van der Waals surface area contributed by atoms with Crippen LogP contribution in [0.25, 0.3) is 0 Å². The highest BCUT2D eigenvalue weighted by Crippen LogP contribution is 2.30. The fourth-order valence-corrected chi connectivity index (χ4v) is 2.69. The van der Waals surface area contributed by atoms with Gasteiger partial charge in [-0.05, 0) is 19.3 Å². The molecule has 1 aliphatic rings. The number of aliphatic hydroxyl groups excluding tert-OH is 1. The van der Waals surface area contributed by atoms with Gasteiger partial charge >= 0.3 is 5.97 Å². The number of hydrogen-bond acceptors (Lipinski definition) is 3. The quantitative estimate of drug-likeness (QED) is 0.697. The van der Waals surface area contributed by atoms with Crippen LogP contribution in [0.5, 0.6) is 0 Å². The lowest BCUT2D eigenvalue weighted by Crippen LogP contribution is -2.16. The zero-order chi connectivity index (χ0) is 8.97. The molecular formula is C8H14O3S. The molecule has 0 spiro atoms. The van der Waals surface area contributed by atoms with Crippen molar-refractivity contribution in [3.8, 4) is 0 Å². The summed E-state index contributed by atoms with van der Waals surface area (Å²) in [6.07, 6.45) is 2.99. The van der Waals surface area contributed by atoms with Crippen molar-refractivity contribution in [3.05, 3.63) is 0 Å². The van der Waals surface area contributed by atoms with Gasteiger partial charge in [0.15, 0.2) is 0 Å². The van der Waals surface area contributed by atoms with Gasteiger partial charge in [0.1, 0.15) is 0 Å². The van der Waals surface area contributed by atoms with E-state index >= 15 is 0 Å². The topological polar surface area (TPSA) is 57.5 Å². The van der Waals surface area contributed by atoms with E-state index in [1.807, 2.05) is 0 Å². The van der Waals surface area contributed by atoms with Gasteiger partial charge < -0.3 is 10.2 Å². The Morgan fingerprint density at radius 3 is 2.75 bits per heavy atom. The van der Waals surface area contributed by atoms with Crippen molar-refractivity contribution < 1.29 is 15.0 Å². The molecule has 1 fully saturated rings. The van der Waals surface area contributed by atoms with E-state index in [0.717, 1.165) is 19.3 Å². The molecule has 12 heavy (non-hydrogen) atoms. The molecule has 0 aromatic rings. The molecule has 0 bridgehead atoms. The molecule has 0 aliphatic heterocycles. The summed E-state index contributed by atoms with van der Waals surface area (Å²) in [5.41, 5.74) is 0. The molecule has 2 N–H and O–H groups in total. The standard InChI is InChI=1S/C8H14O3S/c9-6-2-1-3-7(6)12-5-4-8(10)11/h6-7,9H,1-5H2,(H,10,11). The molecule has 1 rings (SSSR count). The maximum Gasteiger partial charge on any atom is 0.304 e. The fraction of sp³-hybridized carbons (Fsp3) is 0.875. The van der Waals surface area contributed by atoms with Crippen LogP contribution in [0.3, 0.4) is 0 Å². The SMILES string of the molecule is O=C(O)CCSC1CCCC1O. The van der Waals surface area contributed by atoms with Crippen LogP contribution in [-0.2, 0) is 4.79 Å². The van der Waals surface area contributed by atoms with Gasteiger partial charge in [-0.25, -0.2) is 0 Å². The molecule has 4 heteroatoms. The smallest absolute Gasteiger partial charge is 0.304 e.